The summed E-state index contributed by atoms with van der Waals surface area (Å²) in [6.07, 6.45) is 1.88. The topological polar surface area (TPSA) is 85.8 Å². The summed E-state index contributed by atoms with van der Waals surface area (Å²) in [7, 11) is 0. The van der Waals surface area contributed by atoms with E-state index in [1.807, 2.05) is 6.92 Å². The standard InChI is InChI=1S/C12H22O5/c1-11(2-9-4-16-9,3-10-5-17-10)12(6-13,7-14)8-15/h9-10,13-15H,2-8H2,1H3. The van der Waals surface area contributed by atoms with E-state index in [2.05, 4.69) is 0 Å². The van der Waals surface area contributed by atoms with E-state index >= 15 is 0 Å². The highest BCUT2D eigenvalue weighted by molar-refractivity contribution is 5.00. The van der Waals surface area contributed by atoms with Crippen LogP contribution in [0.15, 0.2) is 0 Å². The zero-order chi connectivity index (χ0) is 12.5. The van der Waals surface area contributed by atoms with Crippen LogP contribution in [0, 0.1) is 10.8 Å². The minimum absolute atomic E-state index is 0.197. The Morgan fingerprint density at radius 2 is 1.29 bits per heavy atom. The van der Waals surface area contributed by atoms with Gasteiger partial charge in [0, 0.05) is 5.41 Å². The molecule has 2 unspecified atom stereocenters. The summed E-state index contributed by atoms with van der Waals surface area (Å²) in [6.45, 7) is 2.79. The number of hydrogen-bond donors (Lipinski definition) is 3. The van der Waals surface area contributed by atoms with Gasteiger partial charge in [0.1, 0.15) is 0 Å². The number of rotatable bonds is 8. The van der Waals surface area contributed by atoms with Gasteiger partial charge in [0.15, 0.2) is 0 Å². The Bertz CT molecular complexity index is 233. The summed E-state index contributed by atoms with van der Waals surface area (Å²) in [6, 6.07) is 0. The molecular formula is C12H22O5. The fourth-order valence-corrected chi connectivity index (χ4v) is 2.62. The van der Waals surface area contributed by atoms with Gasteiger partial charge in [-0.05, 0) is 18.3 Å². The molecule has 2 rings (SSSR count). The minimum Gasteiger partial charge on any atom is -0.396 e. The van der Waals surface area contributed by atoms with Gasteiger partial charge in [-0.1, -0.05) is 6.92 Å². The first kappa shape index (κ1) is 13.2. The molecule has 0 aliphatic carbocycles. The van der Waals surface area contributed by atoms with E-state index in [1.165, 1.54) is 0 Å². The third-order valence-electron chi connectivity index (χ3n) is 4.35. The van der Waals surface area contributed by atoms with E-state index < -0.39 is 5.41 Å². The highest BCUT2D eigenvalue weighted by Gasteiger charge is 2.52. The molecule has 100 valence electrons. The van der Waals surface area contributed by atoms with Crippen molar-refractivity contribution in [2.45, 2.75) is 32.0 Å². The van der Waals surface area contributed by atoms with Crippen molar-refractivity contribution in [3.05, 3.63) is 0 Å². The Labute approximate surface area is 101 Å². The van der Waals surface area contributed by atoms with Crippen molar-refractivity contribution in [1.29, 1.82) is 0 Å². The van der Waals surface area contributed by atoms with Crippen molar-refractivity contribution in [3.63, 3.8) is 0 Å². The SMILES string of the molecule is CC(CC1CO1)(CC1CO1)C(CO)(CO)CO. The van der Waals surface area contributed by atoms with E-state index in [0.717, 1.165) is 26.1 Å². The maximum atomic E-state index is 9.58. The molecule has 2 atom stereocenters. The molecule has 2 saturated heterocycles. The van der Waals surface area contributed by atoms with Crippen LogP contribution in [0.25, 0.3) is 0 Å². The maximum absolute atomic E-state index is 9.58. The third kappa shape index (κ3) is 2.63. The Hall–Kier alpha value is -0.200. The van der Waals surface area contributed by atoms with Crippen LogP contribution in [0.3, 0.4) is 0 Å². The molecule has 0 spiro atoms. The summed E-state index contributed by atoms with van der Waals surface area (Å²) in [4.78, 5) is 0. The van der Waals surface area contributed by atoms with Crippen molar-refractivity contribution < 1.29 is 24.8 Å². The molecule has 0 aromatic carbocycles. The maximum Gasteiger partial charge on any atom is 0.0815 e. The normalized spacial score (nSPS) is 31.1. The average molecular weight is 246 g/mol. The van der Waals surface area contributed by atoms with Crippen molar-refractivity contribution in [2.24, 2.45) is 10.8 Å². The second kappa shape index (κ2) is 4.82. The van der Waals surface area contributed by atoms with Gasteiger partial charge in [-0.25, -0.2) is 0 Å². The lowest BCUT2D eigenvalue weighted by atomic mass is 9.61. The van der Waals surface area contributed by atoms with E-state index in [0.29, 0.717) is 0 Å². The molecule has 2 aliphatic heterocycles. The highest BCUT2D eigenvalue weighted by atomic mass is 16.6. The smallest absolute Gasteiger partial charge is 0.0815 e. The molecule has 17 heavy (non-hydrogen) atoms. The Kier molecular flexibility index (Phi) is 3.75. The van der Waals surface area contributed by atoms with Crippen molar-refractivity contribution in [1.82, 2.24) is 0 Å². The lowest BCUT2D eigenvalue weighted by Crippen LogP contribution is -2.50. The van der Waals surface area contributed by atoms with Gasteiger partial charge < -0.3 is 24.8 Å². The van der Waals surface area contributed by atoms with Gasteiger partial charge in [0.2, 0.25) is 0 Å². The number of ether oxygens (including phenoxy) is 2. The molecular weight excluding hydrogens is 224 g/mol. The van der Waals surface area contributed by atoms with Gasteiger partial charge in [0.05, 0.1) is 45.2 Å². The number of epoxide rings is 2. The van der Waals surface area contributed by atoms with E-state index in [1.54, 1.807) is 0 Å². The van der Waals surface area contributed by atoms with Gasteiger partial charge in [0.25, 0.3) is 0 Å². The molecule has 2 fully saturated rings. The molecule has 0 radical (unpaired) electrons. The monoisotopic (exact) mass is 246 g/mol. The number of aliphatic hydroxyl groups is 3. The molecule has 5 nitrogen and oxygen atoms in total. The number of aliphatic hydroxyl groups excluding tert-OH is 3. The average Bonchev–Trinajstić information content (AvgIpc) is 3.18. The second-order valence-electron chi connectivity index (χ2n) is 5.63. The zero-order valence-corrected chi connectivity index (χ0v) is 10.3. The molecule has 0 bridgehead atoms. The predicted molar refractivity (Wildman–Crippen MR) is 60.5 cm³/mol. The summed E-state index contributed by atoms with van der Waals surface area (Å²) >= 11 is 0. The molecule has 3 N–H and O–H groups in total. The molecule has 0 amide bonds. The summed E-state index contributed by atoms with van der Waals surface area (Å²) in [5.41, 5.74) is -1.24. The minimum atomic E-state index is -0.870. The summed E-state index contributed by atoms with van der Waals surface area (Å²) in [5.74, 6) is 0. The Morgan fingerprint density at radius 3 is 1.53 bits per heavy atom. The molecule has 2 heterocycles. The number of hydrogen-bond acceptors (Lipinski definition) is 5. The van der Waals surface area contributed by atoms with Crippen LogP contribution >= 0.6 is 0 Å². The Morgan fingerprint density at radius 1 is 0.941 bits per heavy atom. The van der Waals surface area contributed by atoms with Crippen LogP contribution < -0.4 is 0 Å². The quantitative estimate of drug-likeness (QED) is 0.504. The first-order valence-corrected chi connectivity index (χ1v) is 6.15. The van der Waals surface area contributed by atoms with Crippen molar-refractivity contribution in [2.75, 3.05) is 33.0 Å². The summed E-state index contributed by atoms with van der Waals surface area (Å²) in [5, 5.41) is 28.7. The fourth-order valence-electron chi connectivity index (χ4n) is 2.62. The molecule has 2 aliphatic rings. The van der Waals surface area contributed by atoms with E-state index in [4.69, 9.17) is 9.47 Å². The largest absolute Gasteiger partial charge is 0.396 e. The molecule has 0 saturated carbocycles. The van der Waals surface area contributed by atoms with Crippen LogP contribution in [0.4, 0.5) is 0 Å². The Balaban J connectivity index is 2.14. The van der Waals surface area contributed by atoms with Gasteiger partial charge in [-0.15, -0.1) is 0 Å². The van der Waals surface area contributed by atoms with Crippen LogP contribution in [-0.4, -0.2) is 60.6 Å². The van der Waals surface area contributed by atoms with Crippen LogP contribution in [0.2, 0.25) is 0 Å². The van der Waals surface area contributed by atoms with Gasteiger partial charge >= 0.3 is 0 Å². The lowest BCUT2D eigenvalue weighted by molar-refractivity contribution is -0.0980. The van der Waals surface area contributed by atoms with Crippen LogP contribution in [0.5, 0.6) is 0 Å². The first-order chi connectivity index (χ1) is 8.09. The van der Waals surface area contributed by atoms with Crippen molar-refractivity contribution in [3.8, 4) is 0 Å². The highest BCUT2D eigenvalue weighted by Crippen LogP contribution is 2.49. The first-order valence-electron chi connectivity index (χ1n) is 6.15. The molecule has 0 aromatic heterocycles. The fraction of sp³-hybridized carbons (Fsp3) is 1.00. The molecule has 5 heteroatoms. The molecule has 0 aromatic rings. The second-order valence-corrected chi connectivity index (χ2v) is 5.63. The summed E-state index contributed by atoms with van der Waals surface area (Å²) < 4.78 is 10.5. The predicted octanol–water partition coefficient (Wildman–Crippen LogP) is -0.466. The van der Waals surface area contributed by atoms with Gasteiger partial charge in [-0.2, -0.15) is 0 Å². The van der Waals surface area contributed by atoms with Crippen LogP contribution in [0.1, 0.15) is 19.8 Å². The zero-order valence-electron chi connectivity index (χ0n) is 10.3. The van der Waals surface area contributed by atoms with Crippen molar-refractivity contribution >= 4 is 0 Å². The van der Waals surface area contributed by atoms with Crippen LogP contribution in [-0.2, 0) is 9.47 Å². The van der Waals surface area contributed by atoms with E-state index in [-0.39, 0.29) is 37.4 Å². The van der Waals surface area contributed by atoms with E-state index in [9.17, 15) is 15.3 Å². The lowest BCUT2D eigenvalue weighted by Gasteiger charge is -2.45. The van der Waals surface area contributed by atoms with Gasteiger partial charge in [-0.3, -0.25) is 0 Å². The third-order valence-corrected chi connectivity index (χ3v) is 4.35.